The van der Waals surface area contributed by atoms with Gasteiger partial charge in [-0.25, -0.2) is 17.2 Å². The summed E-state index contributed by atoms with van der Waals surface area (Å²) in [4.78, 5) is 28.0. The van der Waals surface area contributed by atoms with Crippen molar-refractivity contribution in [1.29, 1.82) is 0 Å². The quantitative estimate of drug-likeness (QED) is 0.388. The van der Waals surface area contributed by atoms with E-state index < -0.39 is 26.6 Å². The van der Waals surface area contributed by atoms with Gasteiger partial charge in [-0.05, 0) is 43.2 Å². The van der Waals surface area contributed by atoms with E-state index in [4.69, 9.17) is 4.74 Å². The largest absolute Gasteiger partial charge is 0.381 e. The maximum Gasteiger partial charge on any atom is 0.243 e. The van der Waals surface area contributed by atoms with Gasteiger partial charge >= 0.3 is 0 Å². The highest BCUT2D eigenvalue weighted by Gasteiger charge is 2.32. The summed E-state index contributed by atoms with van der Waals surface area (Å²) >= 11 is 0. The number of H-pyrrole nitrogens is 1. The van der Waals surface area contributed by atoms with Crippen LogP contribution in [0.2, 0.25) is 0 Å². The third-order valence-corrected chi connectivity index (χ3v) is 9.28. The van der Waals surface area contributed by atoms with Gasteiger partial charge in [0.15, 0.2) is 5.78 Å². The minimum Gasteiger partial charge on any atom is -0.381 e. The average Bonchev–Trinajstić information content (AvgIpc) is 3.34. The van der Waals surface area contributed by atoms with Gasteiger partial charge in [0.2, 0.25) is 15.9 Å². The molecule has 3 heterocycles. The van der Waals surface area contributed by atoms with Crippen molar-refractivity contribution < 1.29 is 31.5 Å². The number of amides is 1. The predicted octanol–water partition coefficient (Wildman–Crippen LogP) is 3.29. The van der Waals surface area contributed by atoms with Crippen molar-refractivity contribution in [2.45, 2.75) is 37.1 Å². The number of nitrogens with one attached hydrogen (secondary N) is 2. The highest BCUT2D eigenvalue weighted by molar-refractivity contribution is 7.89. The summed E-state index contributed by atoms with van der Waals surface area (Å²) in [5.74, 6) is -2.68. The lowest BCUT2D eigenvalue weighted by Crippen LogP contribution is -2.36. The number of ketones is 1. The monoisotopic (exact) mass is 587 g/mol. The second-order valence-corrected chi connectivity index (χ2v) is 12.4. The van der Waals surface area contributed by atoms with E-state index in [0.29, 0.717) is 60.3 Å². The molecule has 10 nitrogen and oxygen atoms in total. The van der Waals surface area contributed by atoms with Crippen LogP contribution < -0.4 is 10.2 Å². The van der Waals surface area contributed by atoms with E-state index in [-0.39, 0.29) is 43.5 Å². The average molecular weight is 588 g/mol. The maximum absolute atomic E-state index is 13.8. The van der Waals surface area contributed by atoms with Crippen LogP contribution in [0.3, 0.4) is 0 Å². The number of fused-ring (bicyclic) bond motifs is 1. The molecule has 13 heteroatoms. The molecular formula is C28H31F2N5O5S. The van der Waals surface area contributed by atoms with Crippen molar-refractivity contribution in [2.75, 3.05) is 44.1 Å². The van der Waals surface area contributed by atoms with Crippen LogP contribution >= 0.6 is 0 Å². The molecule has 0 spiro atoms. The Morgan fingerprint density at radius 3 is 2.51 bits per heavy atom. The van der Waals surface area contributed by atoms with Crippen molar-refractivity contribution in [3.05, 3.63) is 70.5 Å². The molecule has 0 aliphatic carbocycles. The van der Waals surface area contributed by atoms with E-state index in [2.05, 4.69) is 15.5 Å². The van der Waals surface area contributed by atoms with E-state index in [1.807, 2.05) is 19.0 Å². The number of benzene rings is 2. The van der Waals surface area contributed by atoms with Gasteiger partial charge in [0, 0.05) is 81.3 Å². The van der Waals surface area contributed by atoms with Gasteiger partial charge in [0.1, 0.15) is 11.6 Å². The zero-order chi connectivity index (χ0) is 29.3. The van der Waals surface area contributed by atoms with Gasteiger partial charge in [-0.2, -0.15) is 9.40 Å². The Balaban J connectivity index is 1.38. The summed E-state index contributed by atoms with van der Waals surface area (Å²) in [7, 11) is -0.491. The Kier molecular flexibility index (Phi) is 8.20. The van der Waals surface area contributed by atoms with Gasteiger partial charge in [0.25, 0.3) is 0 Å². The Bertz CT molecular complexity index is 1560. The van der Waals surface area contributed by atoms with Crippen LogP contribution in [0, 0.1) is 17.6 Å². The highest BCUT2D eigenvalue weighted by atomic mass is 32.2. The first-order valence-electron chi connectivity index (χ1n) is 13.3. The second-order valence-electron chi connectivity index (χ2n) is 10.4. The minimum atomic E-state index is -4.20. The van der Waals surface area contributed by atoms with Crippen LogP contribution in [0.5, 0.6) is 0 Å². The van der Waals surface area contributed by atoms with E-state index in [1.165, 1.54) is 0 Å². The second kappa shape index (κ2) is 11.7. The lowest BCUT2D eigenvalue weighted by atomic mass is 9.97. The summed E-state index contributed by atoms with van der Waals surface area (Å²) in [6.45, 7) is 0.985. The third-order valence-electron chi connectivity index (χ3n) is 7.46. The fourth-order valence-corrected chi connectivity index (χ4v) is 6.56. The number of hydrogen-bond donors (Lipinski definition) is 2. The minimum absolute atomic E-state index is 0.0808. The van der Waals surface area contributed by atoms with Crippen molar-refractivity contribution in [1.82, 2.24) is 14.5 Å². The number of nitrogens with zero attached hydrogens (tertiary/aromatic N) is 3. The van der Waals surface area contributed by atoms with Crippen LogP contribution in [0.25, 0.3) is 0 Å². The van der Waals surface area contributed by atoms with Crippen molar-refractivity contribution in [3.8, 4) is 0 Å². The lowest BCUT2D eigenvalue weighted by Gasteiger charge is -2.26. The number of ether oxygens (including phenoxy) is 1. The molecular weight excluding hydrogens is 556 g/mol. The molecule has 0 bridgehead atoms. The van der Waals surface area contributed by atoms with Gasteiger partial charge in [-0.1, -0.05) is 0 Å². The molecule has 0 saturated carbocycles. The smallest absolute Gasteiger partial charge is 0.243 e. The van der Waals surface area contributed by atoms with E-state index >= 15 is 0 Å². The van der Waals surface area contributed by atoms with Gasteiger partial charge in [0.05, 0.1) is 22.7 Å². The molecule has 2 aliphatic heterocycles. The van der Waals surface area contributed by atoms with Crippen LogP contribution in [0.1, 0.15) is 40.2 Å². The summed E-state index contributed by atoms with van der Waals surface area (Å²) in [5.41, 5.74) is 3.11. The Morgan fingerprint density at radius 2 is 1.83 bits per heavy atom. The van der Waals surface area contributed by atoms with Crippen molar-refractivity contribution >= 4 is 33.1 Å². The van der Waals surface area contributed by atoms with Crippen LogP contribution in [-0.4, -0.2) is 68.5 Å². The molecule has 0 atom stereocenters. The molecule has 0 unspecified atom stereocenters. The SMILES string of the molecule is CN(C)c1ccc(C(=O)Cc2n[nH]c3c2CN(S(=O)(=O)c2cc(F)cc(F)c2)CC3)c(NC(=O)C2CCOCC2)c1. The van der Waals surface area contributed by atoms with Crippen LogP contribution in [0.4, 0.5) is 20.2 Å². The molecule has 5 rings (SSSR count). The predicted molar refractivity (Wildman–Crippen MR) is 147 cm³/mol. The molecule has 1 amide bonds. The highest BCUT2D eigenvalue weighted by Crippen LogP contribution is 2.30. The van der Waals surface area contributed by atoms with Gasteiger partial charge < -0.3 is 15.0 Å². The molecule has 1 saturated heterocycles. The maximum atomic E-state index is 13.8. The number of hydrogen-bond acceptors (Lipinski definition) is 7. The van der Waals surface area contributed by atoms with E-state index in [1.54, 1.807) is 18.2 Å². The number of aromatic amines is 1. The Labute approximate surface area is 236 Å². The zero-order valence-corrected chi connectivity index (χ0v) is 23.6. The summed E-state index contributed by atoms with van der Waals surface area (Å²) in [5, 5.41) is 10.1. The fraction of sp³-hybridized carbons (Fsp3) is 0.393. The number of carbonyl (C=O) groups excluding carboxylic acids is 2. The molecule has 1 aromatic heterocycles. The van der Waals surface area contributed by atoms with Gasteiger partial charge in [-0.3, -0.25) is 14.7 Å². The molecule has 1 fully saturated rings. The standard InChI is InChI=1S/C28H31F2N5O5S/c1-34(2)20-3-4-22(25(14-20)31-28(37)17-6-9-40-10-7-17)27(36)15-26-23-16-35(8-5-24(23)32-33-26)41(38,39)21-12-18(29)11-19(30)13-21/h3-4,11-14,17H,5-10,15-16H2,1-2H3,(H,31,37)(H,32,33). The normalized spacial score (nSPS) is 16.3. The Hall–Kier alpha value is -3.68. The lowest BCUT2D eigenvalue weighted by molar-refractivity contribution is -0.122. The first-order chi connectivity index (χ1) is 19.5. The topological polar surface area (TPSA) is 125 Å². The van der Waals surface area contributed by atoms with Crippen molar-refractivity contribution in [2.24, 2.45) is 5.92 Å². The first kappa shape index (κ1) is 28.8. The summed E-state index contributed by atoms with van der Waals surface area (Å²) in [6, 6.07) is 7.35. The molecule has 41 heavy (non-hydrogen) atoms. The van der Waals surface area contributed by atoms with E-state index in [9.17, 15) is 26.8 Å². The fourth-order valence-electron chi connectivity index (χ4n) is 5.11. The summed E-state index contributed by atoms with van der Waals surface area (Å²) < 4.78 is 60.4. The number of Topliss-reactive ketones (excluding diaryl/α,β-unsaturated/α-hetero) is 1. The number of halogens is 2. The molecule has 0 radical (unpaired) electrons. The molecule has 218 valence electrons. The summed E-state index contributed by atoms with van der Waals surface area (Å²) in [6.07, 6.45) is 1.35. The number of anilines is 2. The van der Waals surface area contributed by atoms with Crippen LogP contribution in [0.15, 0.2) is 41.3 Å². The zero-order valence-electron chi connectivity index (χ0n) is 22.7. The molecule has 2 aliphatic rings. The number of carbonyl (C=O) groups is 2. The molecule has 2 N–H and O–H groups in total. The third kappa shape index (κ3) is 6.16. The van der Waals surface area contributed by atoms with Crippen molar-refractivity contribution in [3.63, 3.8) is 0 Å². The number of aromatic nitrogens is 2. The number of sulfonamides is 1. The van der Waals surface area contributed by atoms with Gasteiger partial charge in [-0.15, -0.1) is 0 Å². The first-order valence-corrected chi connectivity index (χ1v) is 14.7. The molecule has 2 aromatic carbocycles. The van der Waals surface area contributed by atoms with Crippen LogP contribution in [-0.2, 0) is 38.9 Å². The number of rotatable bonds is 8. The Morgan fingerprint density at radius 1 is 1.12 bits per heavy atom. The van der Waals surface area contributed by atoms with E-state index in [0.717, 1.165) is 22.1 Å². The molecule has 3 aromatic rings.